The molecule has 0 spiro atoms. The van der Waals surface area contributed by atoms with Gasteiger partial charge >= 0.3 is 0 Å². The van der Waals surface area contributed by atoms with Gasteiger partial charge in [0.05, 0.1) is 18.4 Å². The fourth-order valence-corrected chi connectivity index (χ4v) is 3.13. The van der Waals surface area contributed by atoms with Crippen molar-refractivity contribution in [3.05, 3.63) is 89.6 Å². The predicted molar refractivity (Wildman–Crippen MR) is 91.7 cm³/mol. The molecule has 0 saturated carbocycles. The Balaban J connectivity index is 1.71. The highest BCUT2D eigenvalue weighted by Crippen LogP contribution is 2.25. The maximum absolute atomic E-state index is 12.2. The molecule has 124 valence electrons. The average molecular weight is 343 g/mol. The van der Waals surface area contributed by atoms with Crippen molar-refractivity contribution >= 4 is 16.1 Å². The molecule has 0 aliphatic rings. The van der Waals surface area contributed by atoms with E-state index in [9.17, 15) is 8.42 Å². The maximum atomic E-state index is 12.2. The molecule has 0 bridgehead atoms. The standard InChI is InChI=1S/C18H17NO4S/c20-24(21,13-10-15-6-2-1-3-7-15)19-14-16(17-8-4-11-22-17)18-9-5-12-23-18/h1-13,16,19H,14H2. The van der Waals surface area contributed by atoms with Crippen LogP contribution in [-0.2, 0) is 10.0 Å². The Morgan fingerprint density at radius 2 is 1.54 bits per heavy atom. The molecule has 3 aromatic rings. The minimum Gasteiger partial charge on any atom is -0.469 e. The zero-order chi connectivity index (χ0) is 16.8. The van der Waals surface area contributed by atoms with Gasteiger partial charge in [0, 0.05) is 12.0 Å². The highest BCUT2D eigenvalue weighted by atomic mass is 32.2. The average Bonchev–Trinajstić information content (AvgIpc) is 3.28. The number of hydrogen-bond donors (Lipinski definition) is 1. The Morgan fingerprint density at radius 1 is 0.917 bits per heavy atom. The number of sulfonamides is 1. The lowest BCUT2D eigenvalue weighted by molar-refractivity contribution is 0.425. The summed E-state index contributed by atoms with van der Waals surface area (Å²) in [5.74, 6) is 0.953. The fourth-order valence-electron chi connectivity index (χ4n) is 2.30. The Morgan fingerprint density at radius 3 is 2.08 bits per heavy atom. The first-order valence-electron chi connectivity index (χ1n) is 7.44. The highest BCUT2D eigenvalue weighted by molar-refractivity contribution is 7.92. The Bertz CT molecular complexity index is 832. The van der Waals surface area contributed by atoms with E-state index in [0.717, 1.165) is 11.0 Å². The van der Waals surface area contributed by atoms with E-state index < -0.39 is 10.0 Å². The van der Waals surface area contributed by atoms with Crippen LogP contribution in [-0.4, -0.2) is 15.0 Å². The number of rotatable bonds is 7. The molecule has 0 aliphatic heterocycles. The van der Waals surface area contributed by atoms with E-state index in [1.54, 1.807) is 42.9 Å². The summed E-state index contributed by atoms with van der Waals surface area (Å²) in [6.07, 6.45) is 4.65. The van der Waals surface area contributed by atoms with Gasteiger partial charge in [0.2, 0.25) is 10.0 Å². The van der Waals surface area contributed by atoms with Crippen molar-refractivity contribution in [1.29, 1.82) is 0 Å². The van der Waals surface area contributed by atoms with E-state index in [1.807, 2.05) is 30.3 Å². The summed E-state index contributed by atoms with van der Waals surface area (Å²) >= 11 is 0. The van der Waals surface area contributed by atoms with E-state index in [1.165, 1.54) is 0 Å². The minimum atomic E-state index is -3.57. The van der Waals surface area contributed by atoms with Crippen molar-refractivity contribution in [2.24, 2.45) is 0 Å². The van der Waals surface area contributed by atoms with Crippen molar-refractivity contribution in [1.82, 2.24) is 4.72 Å². The Kier molecular flexibility index (Phi) is 4.98. The predicted octanol–water partition coefficient (Wildman–Crippen LogP) is 3.59. The van der Waals surface area contributed by atoms with Crippen LogP contribution < -0.4 is 4.72 Å². The molecule has 0 unspecified atom stereocenters. The molecule has 1 N–H and O–H groups in total. The first-order valence-corrected chi connectivity index (χ1v) is 8.98. The zero-order valence-electron chi connectivity index (χ0n) is 12.8. The van der Waals surface area contributed by atoms with E-state index in [-0.39, 0.29) is 12.5 Å². The molecule has 1 aromatic carbocycles. The second kappa shape index (κ2) is 7.33. The van der Waals surface area contributed by atoms with Gasteiger partial charge in [0.1, 0.15) is 11.5 Å². The number of hydrogen-bond acceptors (Lipinski definition) is 4. The van der Waals surface area contributed by atoms with Crippen LogP contribution in [0.5, 0.6) is 0 Å². The molecule has 24 heavy (non-hydrogen) atoms. The molecule has 6 heteroatoms. The molecule has 2 heterocycles. The molecule has 0 fully saturated rings. The monoisotopic (exact) mass is 343 g/mol. The smallest absolute Gasteiger partial charge is 0.233 e. The lowest BCUT2D eigenvalue weighted by Gasteiger charge is -2.12. The third-order valence-corrected chi connectivity index (χ3v) is 4.56. The van der Waals surface area contributed by atoms with Crippen LogP contribution in [0.15, 0.2) is 81.4 Å². The van der Waals surface area contributed by atoms with E-state index >= 15 is 0 Å². The number of benzene rings is 1. The molecule has 0 amide bonds. The van der Waals surface area contributed by atoms with Crippen LogP contribution in [0.1, 0.15) is 23.0 Å². The van der Waals surface area contributed by atoms with Crippen LogP contribution in [0.3, 0.4) is 0 Å². The Labute approximate surface area is 140 Å². The second-order valence-corrected chi connectivity index (χ2v) is 6.84. The van der Waals surface area contributed by atoms with Crippen molar-refractivity contribution in [2.45, 2.75) is 5.92 Å². The molecule has 3 rings (SSSR count). The topological polar surface area (TPSA) is 72.5 Å². The van der Waals surface area contributed by atoms with Crippen molar-refractivity contribution in [3.63, 3.8) is 0 Å². The third-order valence-electron chi connectivity index (χ3n) is 3.50. The lowest BCUT2D eigenvalue weighted by Crippen LogP contribution is -2.27. The van der Waals surface area contributed by atoms with Crippen molar-refractivity contribution < 1.29 is 17.3 Å². The summed E-state index contributed by atoms with van der Waals surface area (Å²) in [5, 5.41) is 1.16. The van der Waals surface area contributed by atoms with Crippen LogP contribution in [0, 0.1) is 0 Å². The Hall–Kier alpha value is -2.57. The van der Waals surface area contributed by atoms with Crippen LogP contribution in [0.25, 0.3) is 6.08 Å². The summed E-state index contributed by atoms with van der Waals surface area (Å²) in [4.78, 5) is 0. The highest BCUT2D eigenvalue weighted by Gasteiger charge is 2.21. The summed E-state index contributed by atoms with van der Waals surface area (Å²) in [7, 11) is -3.57. The van der Waals surface area contributed by atoms with Gasteiger partial charge in [-0.3, -0.25) is 0 Å². The second-order valence-electron chi connectivity index (χ2n) is 5.19. The zero-order valence-corrected chi connectivity index (χ0v) is 13.6. The number of furan rings is 2. The largest absolute Gasteiger partial charge is 0.469 e. The summed E-state index contributed by atoms with van der Waals surface area (Å²) in [6.45, 7) is 0.141. The van der Waals surface area contributed by atoms with Gasteiger partial charge in [-0.25, -0.2) is 13.1 Å². The third kappa shape index (κ3) is 4.24. The van der Waals surface area contributed by atoms with Crippen LogP contribution >= 0.6 is 0 Å². The molecule has 0 saturated heterocycles. The summed E-state index contributed by atoms with van der Waals surface area (Å²) in [5.41, 5.74) is 0.816. The summed E-state index contributed by atoms with van der Waals surface area (Å²) < 4.78 is 37.8. The van der Waals surface area contributed by atoms with E-state index in [2.05, 4.69) is 4.72 Å². The van der Waals surface area contributed by atoms with Crippen LogP contribution in [0.4, 0.5) is 0 Å². The molecule has 5 nitrogen and oxygen atoms in total. The number of nitrogens with one attached hydrogen (secondary N) is 1. The van der Waals surface area contributed by atoms with Gasteiger partial charge in [-0.2, -0.15) is 0 Å². The minimum absolute atomic E-state index is 0.141. The molecular formula is C18H17NO4S. The van der Waals surface area contributed by atoms with Crippen LogP contribution in [0.2, 0.25) is 0 Å². The fraction of sp³-hybridized carbons (Fsp3) is 0.111. The SMILES string of the molecule is O=S(=O)(C=Cc1ccccc1)NCC(c1ccco1)c1ccco1. The van der Waals surface area contributed by atoms with Gasteiger partial charge in [-0.15, -0.1) is 0 Å². The van der Waals surface area contributed by atoms with Gasteiger partial charge in [0.15, 0.2) is 0 Å². The normalized spacial score (nSPS) is 12.2. The van der Waals surface area contributed by atoms with E-state index in [0.29, 0.717) is 11.5 Å². The lowest BCUT2D eigenvalue weighted by atomic mass is 10.0. The van der Waals surface area contributed by atoms with Gasteiger partial charge in [-0.05, 0) is 35.9 Å². The quantitative estimate of drug-likeness (QED) is 0.711. The molecular weight excluding hydrogens is 326 g/mol. The van der Waals surface area contributed by atoms with Gasteiger partial charge in [-0.1, -0.05) is 30.3 Å². The van der Waals surface area contributed by atoms with E-state index in [4.69, 9.17) is 8.83 Å². The molecule has 0 aliphatic carbocycles. The van der Waals surface area contributed by atoms with Gasteiger partial charge in [0.25, 0.3) is 0 Å². The molecule has 0 radical (unpaired) electrons. The summed E-state index contributed by atoms with van der Waals surface area (Å²) in [6, 6.07) is 16.3. The molecule has 0 atom stereocenters. The van der Waals surface area contributed by atoms with Crippen molar-refractivity contribution in [2.75, 3.05) is 6.54 Å². The first-order chi connectivity index (χ1) is 11.6. The van der Waals surface area contributed by atoms with Gasteiger partial charge < -0.3 is 8.83 Å². The van der Waals surface area contributed by atoms with Crippen molar-refractivity contribution in [3.8, 4) is 0 Å². The first kappa shape index (κ1) is 16.3. The maximum Gasteiger partial charge on any atom is 0.233 e. The molecule has 2 aromatic heterocycles.